The second-order valence-corrected chi connectivity index (χ2v) is 5.75. The normalized spacial score (nSPS) is 25.1. The molecule has 1 fully saturated rings. The van der Waals surface area contributed by atoms with Gasteiger partial charge in [0.05, 0.1) is 7.11 Å². The predicted octanol–water partition coefficient (Wildman–Crippen LogP) is 3.84. The maximum Gasteiger partial charge on any atom is 0.123 e. The summed E-state index contributed by atoms with van der Waals surface area (Å²) in [6.45, 7) is 6.72. The second kappa shape index (κ2) is 5.75. The summed E-state index contributed by atoms with van der Waals surface area (Å²) in [5.74, 6) is 1.86. The van der Waals surface area contributed by atoms with Gasteiger partial charge in [-0.05, 0) is 45.1 Å². The molecule has 1 aromatic rings. The van der Waals surface area contributed by atoms with Crippen LogP contribution >= 0.6 is 0 Å². The Morgan fingerprint density at radius 2 is 2.11 bits per heavy atom. The van der Waals surface area contributed by atoms with Gasteiger partial charge in [0.15, 0.2) is 0 Å². The Labute approximate surface area is 111 Å². The third-order valence-corrected chi connectivity index (χ3v) is 4.03. The number of aryl methyl sites for hydroxylation is 1. The van der Waals surface area contributed by atoms with Gasteiger partial charge in [-0.15, -0.1) is 0 Å². The van der Waals surface area contributed by atoms with Crippen molar-refractivity contribution in [3.8, 4) is 5.75 Å². The minimum absolute atomic E-state index is 0.357. The van der Waals surface area contributed by atoms with Gasteiger partial charge in [-0.3, -0.25) is 0 Å². The van der Waals surface area contributed by atoms with E-state index < -0.39 is 0 Å². The molecule has 1 aliphatic carbocycles. The van der Waals surface area contributed by atoms with Crippen molar-refractivity contribution >= 4 is 0 Å². The number of hydrogen-bond donors (Lipinski definition) is 1. The van der Waals surface area contributed by atoms with Crippen LogP contribution in [0.5, 0.6) is 5.75 Å². The fourth-order valence-corrected chi connectivity index (χ4v) is 2.99. The van der Waals surface area contributed by atoms with Crippen molar-refractivity contribution < 1.29 is 4.74 Å². The van der Waals surface area contributed by atoms with E-state index in [4.69, 9.17) is 4.74 Å². The first-order valence-corrected chi connectivity index (χ1v) is 7.00. The Hall–Kier alpha value is -1.02. The van der Waals surface area contributed by atoms with E-state index in [1.165, 1.54) is 30.4 Å². The zero-order valence-electron chi connectivity index (χ0n) is 12.0. The lowest BCUT2D eigenvalue weighted by Gasteiger charge is -2.22. The molecule has 1 saturated carbocycles. The molecule has 0 aromatic heterocycles. The molecule has 1 aromatic carbocycles. The summed E-state index contributed by atoms with van der Waals surface area (Å²) in [6.07, 6.45) is 3.97. The summed E-state index contributed by atoms with van der Waals surface area (Å²) in [6, 6.07) is 7.43. The molecule has 0 heterocycles. The lowest BCUT2D eigenvalue weighted by atomic mass is 10.0. The first-order chi connectivity index (χ1) is 8.60. The van der Waals surface area contributed by atoms with Gasteiger partial charge in [0, 0.05) is 17.6 Å². The van der Waals surface area contributed by atoms with E-state index in [1.807, 2.05) is 0 Å². The van der Waals surface area contributed by atoms with Gasteiger partial charge in [-0.25, -0.2) is 0 Å². The molecule has 0 amide bonds. The number of benzene rings is 1. The van der Waals surface area contributed by atoms with Crippen LogP contribution in [0, 0.1) is 12.8 Å². The molecule has 2 nitrogen and oxygen atoms in total. The molecule has 0 spiro atoms. The number of rotatable bonds is 4. The summed E-state index contributed by atoms with van der Waals surface area (Å²) in [7, 11) is 1.75. The summed E-state index contributed by atoms with van der Waals surface area (Å²) in [5.41, 5.74) is 2.57. The average Bonchev–Trinajstić information content (AvgIpc) is 2.74. The third-order valence-electron chi connectivity index (χ3n) is 4.03. The van der Waals surface area contributed by atoms with Crippen LogP contribution in [0.2, 0.25) is 0 Å². The van der Waals surface area contributed by atoms with E-state index in [9.17, 15) is 0 Å². The van der Waals surface area contributed by atoms with Gasteiger partial charge in [0.25, 0.3) is 0 Å². The zero-order valence-corrected chi connectivity index (χ0v) is 12.0. The van der Waals surface area contributed by atoms with E-state index in [0.717, 1.165) is 11.7 Å². The molecular formula is C16H25NO. The Morgan fingerprint density at radius 3 is 2.72 bits per heavy atom. The molecule has 1 aliphatic rings. The maximum absolute atomic E-state index is 5.47. The fourth-order valence-electron chi connectivity index (χ4n) is 2.99. The van der Waals surface area contributed by atoms with Gasteiger partial charge >= 0.3 is 0 Å². The maximum atomic E-state index is 5.47. The van der Waals surface area contributed by atoms with Gasteiger partial charge in [0.2, 0.25) is 0 Å². The Balaban J connectivity index is 2.08. The van der Waals surface area contributed by atoms with Crippen molar-refractivity contribution in [2.24, 2.45) is 5.92 Å². The molecule has 0 bridgehead atoms. The minimum atomic E-state index is 0.357. The highest BCUT2D eigenvalue weighted by Crippen LogP contribution is 2.30. The Kier molecular flexibility index (Phi) is 4.28. The molecule has 100 valence electrons. The van der Waals surface area contributed by atoms with Crippen molar-refractivity contribution in [2.45, 2.75) is 52.1 Å². The summed E-state index contributed by atoms with van der Waals surface area (Å²) >= 11 is 0. The fraction of sp³-hybridized carbons (Fsp3) is 0.625. The SMILES string of the molecule is COc1ccc(C)cc1C(C)NC1CCC(C)C1. The van der Waals surface area contributed by atoms with Crippen molar-refractivity contribution in [3.05, 3.63) is 29.3 Å². The van der Waals surface area contributed by atoms with Crippen molar-refractivity contribution in [1.82, 2.24) is 5.32 Å². The van der Waals surface area contributed by atoms with Crippen molar-refractivity contribution in [2.75, 3.05) is 7.11 Å². The number of methoxy groups -OCH3 is 1. The molecule has 0 saturated heterocycles. The summed E-state index contributed by atoms with van der Waals surface area (Å²) < 4.78 is 5.47. The first-order valence-electron chi connectivity index (χ1n) is 7.00. The molecule has 2 heteroatoms. The molecular weight excluding hydrogens is 222 g/mol. The monoisotopic (exact) mass is 247 g/mol. The van der Waals surface area contributed by atoms with Crippen LogP contribution in [-0.4, -0.2) is 13.2 Å². The van der Waals surface area contributed by atoms with Crippen molar-refractivity contribution in [1.29, 1.82) is 0 Å². The van der Waals surface area contributed by atoms with Gasteiger partial charge in [-0.1, -0.05) is 24.6 Å². The van der Waals surface area contributed by atoms with Crippen LogP contribution in [0.4, 0.5) is 0 Å². The molecule has 2 rings (SSSR count). The smallest absolute Gasteiger partial charge is 0.123 e. The Morgan fingerprint density at radius 1 is 1.33 bits per heavy atom. The van der Waals surface area contributed by atoms with E-state index >= 15 is 0 Å². The summed E-state index contributed by atoms with van der Waals surface area (Å²) in [5, 5.41) is 3.75. The second-order valence-electron chi connectivity index (χ2n) is 5.75. The highest BCUT2D eigenvalue weighted by atomic mass is 16.5. The molecule has 0 aliphatic heterocycles. The van der Waals surface area contributed by atoms with Gasteiger partial charge < -0.3 is 10.1 Å². The topological polar surface area (TPSA) is 21.3 Å². The van der Waals surface area contributed by atoms with E-state index in [0.29, 0.717) is 12.1 Å². The zero-order chi connectivity index (χ0) is 13.1. The van der Waals surface area contributed by atoms with E-state index in [2.05, 4.69) is 44.3 Å². The van der Waals surface area contributed by atoms with Crippen LogP contribution in [0.1, 0.15) is 50.3 Å². The van der Waals surface area contributed by atoms with Crippen LogP contribution in [0.25, 0.3) is 0 Å². The summed E-state index contributed by atoms with van der Waals surface area (Å²) in [4.78, 5) is 0. The highest BCUT2D eigenvalue weighted by molar-refractivity contribution is 5.38. The number of nitrogens with one attached hydrogen (secondary N) is 1. The molecule has 0 radical (unpaired) electrons. The van der Waals surface area contributed by atoms with Gasteiger partial charge in [-0.2, -0.15) is 0 Å². The molecule has 3 unspecified atom stereocenters. The average molecular weight is 247 g/mol. The van der Waals surface area contributed by atoms with Crippen LogP contribution in [0.15, 0.2) is 18.2 Å². The van der Waals surface area contributed by atoms with E-state index in [1.54, 1.807) is 7.11 Å². The lowest BCUT2D eigenvalue weighted by Crippen LogP contribution is -2.29. The first kappa shape index (κ1) is 13.4. The van der Waals surface area contributed by atoms with Crippen LogP contribution < -0.4 is 10.1 Å². The van der Waals surface area contributed by atoms with E-state index in [-0.39, 0.29) is 0 Å². The number of ether oxygens (including phenoxy) is 1. The molecule has 1 N–H and O–H groups in total. The molecule has 3 atom stereocenters. The predicted molar refractivity (Wildman–Crippen MR) is 76.1 cm³/mol. The van der Waals surface area contributed by atoms with Crippen molar-refractivity contribution in [3.63, 3.8) is 0 Å². The molecule has 18 heavy (non-hydrogen) atoms. The third kappa shape index (κ3) is 3.05. The van der Waals surface area contributed by atoms with Gasteiger partial charge in [0.1, 0.15) is 5.75 Å². The number of hydrogen-bond acceptors (Lipinski definition) is 2. The lowest BCUT2D eigenvalue weighted by molar-refractivity contribution is 0.391. The standard InChI is InChI=1S/C16H25NO/c1-11-5-7-14(9-11)17-13(3)15-10-12(2)6-8-16(15)18-4/h6,8,10-11,13-14,17H,5,7,9H2,1-4H3. The highest BCUT2D eigenvalue weighted by Gasteiger charge is 2.23. The Bertz CT molecular complexity index is 402. The van der Waals surface area contributed by atoms with Crippen LogP contribution in [0.3, 0.4) is 0 Å². The largest absolute Gasteiger partial charge is 0.496 e. The quantitative estimate of drug-likeness (QED) is 0.872. The van der Waals surface area contributed by atoms with Crippen LogP contribution in [-0.2, 0) is 0 Å². The minimum Gasteiger partial charge on any atom is -0.496 e.